The van der Waals surface area contributed by atoms with Gasteiger partial charge in [0.1, 0.15) is 11.9 Å². The van der Waals surface area contributed by atoms with E-state index in [1.165, 1.54) is 17.2 Å². The third kappa shape index (κ3) is 2.88. The molecule has 0 saturated heterocycles. The van der Waals surface area contributed by atoms with E-state index >= 15 is 0 Å². The molecule has 0 atom stereocenters. The lowest BCUT2D eigenvalue weighted by atomic mass is 9.98. The summed E-state index contributed by atoms with van der Waals surface area (Å²) in [4.78, 5) is 2.29. The van der Waals surface area contributed by atoms with Crippen molar-refractivity contribution < 1.29 is 4.39 Å². The van der Waals surface area contributed by atoms with Crippen molar-refractivity contribution in [2.24, 2.45) is 0 Å². The molecule has 0 saturated carbocycles. The standard InChI is InChI=1S/C17H16FN3/c18-17-4-1-12(7-14(17)9-19)10-21-6-5-13-2-3-16(20)8-15(13)11-21/h1-4,7-8H,5-6,10-11,20H2. The molecule has 1 aliphatic heterocycles. The Morgan fingerprint density at radius 1 is 1.19 bits per heavy atom. The predicted molar refractivity (Wildman–Crippen MR) is 79.8 cm³/mol. The summed E-state index contributed by atoms with van der Waals surface area (Å²) in [6, 6.07) is 12.7. The topological polar surface area (TPSA) is 53.0 Å². The van der Waals surface area contributed by atoms with Gasteiger partial charge >= 0.3 is 0 Å². The van der Waals surface area contributed by atoms with Crippen molar-refractivity contribution in [1.82, 2.24) is 4.90 Å². The van der Waals surface area contributed by atoms with E-state index in [4.69, 9.17) is 11.0 Å². The lowest BCUT2D eigenvalue weighted by Crippen LogP contribution is -2.30. The Morgan fingerprint density at radius 2 is 2.05 bits per heavy atom. The number of hydrogen-bond donors (Lipinski definition) is 1. The van der Waals surface area contributed by atoms with Crippen LogP contribution in [0.5, 0.6) is 0 Å². The number of anilines is 1. The number of fused-ring (bicyclic) bond motifs is 1. The molecule has 0 amide bonds. The van der Waals surface area contributed by atoms with E-state index in [0.29, 0.717) is 6.54 Å². The van der Waals surface area contributed by atoms with Gasteiger partial charge in [0.2, 0.25) is 0 Å². The van der Waals surface area contributed by atoms with Gasteiger partial charge in [-0.1, -0.05) is 12.1 Å². The number of hydrogen-bond acceptors (Lipinski definition) is 3. The zero-order valence-corrected chi connectivity index (χ0v) is 11.6. The molecule has 3 rings (SSSR count). The molecule has 0 fully saturated rings. The smallest absolute Gasteiger partial charge is 0.140 e. The molecule has 0 bridgehead atoms. The fraction of sp³-hybridized carbons (Fsp3) is 0.235. The Morgan fingerprint density at radius 3 is 2.86 bits per heavy atom. The van der Waals surface area contributed by atoms with Crippen LogP contribution in [0.15, 0.2) is 36.4 Å². The number of benzene rings is 2. The van der Waals surface area contributed by atoms with Crippen molar-refractivity contribution in [1.29, 1.82) is 5.26 Å². The highest BCUT2D eigenvalue weighted by molar-refractivity contribution is 5.45. The van der Waals surface area contributed by atoms with Gasteiger partial charge in [-0.25, -0.2) is 4.39 Å². The molecule has 106 valence electrons. The van der Waals surface area contributed by atoms with E-state index in [1.807, 2.05) is 18.2 Å². The maximum absolute atomic E-state index is 13.3. The van der Waals surface area contributed by atoms with Gasteiger partial charge in [0, 0.05) is 25.3 Å². The van der Waals surface area contributed by atoms with E-state index in [1.54, 1.807) is 12.1 Å². The highest BCUT2D eigenvalue weighted by Gasteiger charge is 2.17. The van der Waals surface area contributed by atoms with Gasteiger partial charge < -0.3 is 5.73 Å². The van der Waals surface area contributed by atoms with Gasteiger partial charge in [-0.3, -0.25) is 4.90 Å². The van der Waals surface area contributed by atoms with Crippen molar-refractivity contribution in [3.05, 3.63) is 64.5 Å². The van der Waals surface area contributed by atoms with E-state index in [-0.39, 0.29) is 5.56 Å². The quantitative estimate of drug-likeness (QED) is 0.861. The molecule has 3 nitrogen and oxygen atoms in total. The van der Waals surface area contributed by atoms with Crippen LogP contribution < -0.4 is 5.73 Å². The van der Waals surface area contributed by atoms with Gasteiger partial charge in [0.05, 0.1) is 5.56 Å². The zero-order valence-electron chi connectivity index (χ0n) is 11.6. The zero-order chi connectivity index (χ0) is 14.8. The van der Waals surface area contributed by atoms with E-state index in [0.717, 1.165) is 30.8 Å². The number of halogens is 1. The van der Waals surface area contributed by atoms with Crippen LogP contribution in [0.3, 0.4) is 0 Å². The van der Waals surface area contributed by atoms with Crippen LogP contribution in [0.1, 0.15) is 22.3 Å². The summed E-state index contributed by atoms with van der Waals surface area (Å²) < 4.78 is 13.3. The average Bonchev–Trinajstić information content (AvgIpc) is 2.49. The minimum absolute atomic E-state index is 0.106. The Kier molecular flexibility index (Phi) is 3.59. The second-order valence-electron chi connectivity index (χ2n) is 5.41. The minimum Gasteiger partial charge on any atom is -0.399 e. The fourth-order valence-electron chi connectivity index (χ4n) is 2.79. The van der Waals surface area contributed by atoms with Crippen molar-refractivity contribution >= 4 is 5.69 Å². The highest BCUT2D eigenvalue weighted by Crippen LogP contribution is 2.23. The molecule has 0 aromatic heterocycles. The maximum atomic E-state index is 13.3. The minimum atomic E-state index is -0.460. The summed E-state index contributed by atoms with van der Waals surface area (Å²) in [5, 5.41) is 8.89. The number of nitrogen functional groups attached to an aromatic ring is 1. The predicted octanol–water partition coefficient (Wildman–Crippen LogP) is 2.84. The molecular weight excluding hydrogens is 265 g/mol. The molecule has 21 heavy (non-hydrogen) atoms. The lowest BCUT2D eigenvalue weighted by molar-refractivity contribution is 0.245. The van der Waals surface area contributed by atoms with Crippen LogP contribution in [0.2, 0.25) is 0 Å². The third-order valence-electron chi connectivity index (χ3n) is 3.88. The van der Waals surface area contributed by atoms with Crippen molar-refractivity contribution in [3.8, 4) is 6.07 Å². The third-order valence-corrected chi connectivity index (χ3v) is 3.88. The lowest BCUT2D eigenvalue weighted by Gasteiger charge is -2.29. The average molecular weight is 281 g/mol. The van der Waals surface area contributed by atoms with E-state index in [2.05, 4.69) is 11.0 Å². The maximum Gasteiger partial charge on any atom is 0.140 e. The van der Waals surface area contributed by atoms with E-state index in [9.17, 15) is 4.39 Å². The number of nitriles is 1. The molecule has 0 aliphatic carbocycles. The molecule has 4 heteroatoms. The van der Waals surface area contributed by atoms with Gasteiger partial charge in [-0.05, 0) is 47.4 Å². The van der Waals surface area contributed by atoms with Crippen LogP contribution >= 0.6 is 0 Å². The molecule has 2 aromatic rings. The van der Waals surface area contributed by atoms with E-state index < -0.39 is 5.82 Å². The number of rotatable bonds is 2. The first-order chi connectivity index (χ1) is 10.2. The molecule has 2 N–H and O–H groups in total. The molecule has 2 aromatic carbocycles. The SMILES string of the molecule is N#Cc1cc(CN2CCc3ccc(N)cc3C2)ccc1F. The fourth-order valence-corrected chi connectivity index (χ4v) is 2.79. The summed E-state index contributed by atoms with van der Waals surface area (Å²) in [5.41, 5.74) is 10.3. The van der Waals surface area contributed by atoms with Gasteiger partial charge in [0.25, 0.3) is 0 Å². The summed E-state index contributed by atoms with van der Waals surface area (Å²) in [6.45, 7) is 2.50. The summed E-state index contributed by atoms with van der Waals surface area (Å²) in [7, 11) is 0. The first kappa shape index (κ1) is 13.6. The molecule has 0 spiro atoms. The first-order valence-corrected chi connectivity index (χ1v) is 6.94. The first-order valence-electron chi connectivity index (χ1n) is 6.94. The summed E-state index contributed by atoms with van der Waals surface area (Å²) in [6.07, 6.45) is 0.988. The van der Waals surface area contributed by atoms with Crippen LogP contribution in [0.25, 0.3) is 0 Å². The summed E-state index contributed by atoms with van der Waals surface area (Å²) in [5.74, 6) is -0.460. The number of nitrogens with zero attached hydrogens (tertiary/aromatic N) is 2. The molecule has 0 unspecified atom stereocenters. The van der Waals surface area contributed by atoms with Crippen LogP contribution in [-0.2, 0) is 19.5 Å². The van der Waals surface area contributed by atoms with Crippen molar-refractivity contribution in [2.45, 2.75) is 19.5 Å². The molecular formula is C17H16FN3. The Hall–Kier alpha value is -2.38. The Bertz CT molecular complexity index is 718. The van der Waals surface area contributed by atoms with Crippen LogP contribution in [-0.4, -0.2) is 11.4 Å². The van der Waals surface area contributed by atoms with Gasteiger partial charge in [0.15, 0.2) is 0 Å². The van der Waals surface area contributed by atoms with Gasteiger partial charge in [-0.2, -0.15) is 5.26 Å². The van der Waals surface area contributed by atoms with Crippen molar-refractivity contribution in [3.63, 3.8) is 0 Å². The second-order valence-corrected chi connectivity index (χ2v) is 5.41. The summed E-state index contributed by atoms with van der Waals surface area (Å²) >= 11 is 0. The highest BCUT2D eigenvalue weighted by atomic mass is 19.1. The normalized spacial score (nSPS) is 14.5. The van der Waals surface area contributed by atoms with Gasteiger partial charge in [-0.15, -0.1) is 0 Å². The largest absolute Gasteiger partial charge is 0.399 e. The van der Waals surface area contributed by atoms with Crippen molar-refractivity contribution in [2.75, 3.05) is 12.3 Å². The van der Waals surface area contributed by atoms with Crippen LogP contribution in [0, 0.1) is 17.1 Å². The second kappa shape index (κ2) is 5.55. The molecule has 1 heterocycles. The Labute approximate surface area is 123 Å². The monoisotopic (exact) mass is 281 g/mol. The molecule has 1 aliphatic rings. The Balaban J connectivity index is 1.77. The number of nitrogens with two attached hydrogens (primary N) is 1. The van der Waals surface area contributed by atoms with Crippen LogP contribution in [0.4, 0.5) is 10.1 Å². The molecule has 0 radical (unpaired) electrons.